The molecule has 426 valence electrons. The van der Waals surface area contributed by atoms with Gasteiger partial charge in [0.25, 0.3) is 5.91 Å². The smallest absolute Gasteiger partial charge is 0.253 e. The number of hydrogen-bond donors (Lipinski definition) is 4. The van der Waals surface area contributed by atoms with E-state index in [0.29, 0.717) is 49.4 Å². The van der Waals surface area contributed by atoms with Crippen LogP contribution in [0.1, 0.15) is 280 Å². The number of carbonyl (C=O) groups excluding carboxylic acids is 2. The number of nitrogens with one attached hydrogen (secondary N) is 3. The van der Waals surface area contributed by atoms with Crippen molar-refractivity contribution < 1.29 is 14.7 Å². The molecule has 4 N–H and O–H groups in total. The van der Waals surface area contributed by atoms with Gasteiger partial charge in [-0.3, -0.25) is 9.59 Å². The average molecular weight is 1060 g/mol. The molecule has 8 bridgehead atoms. The predicted molar refractivity (Wildman–Crippen MR) is 326 cm³/mol. The molecule has 77 heavy (non-hydrogen) atoms. The fourth-order valence-corrected chi connectivity index (χ4v) is 12.6. The number of aliphatic hydroxyl groups excluding tert-OH is 1. The molecule has 0 aromatic carbocycles. The first-order valence-corrected chi connectivity index (χ1v) is 32.1. The Morgan fingerprint density at radius 1 is 0.571 bits per heavy atom. The summed E-state index contributed by atoms with van der Waals surface area (Å²) in [5.41, 5.74) is 13.1. The van der Waals surface area contributed by atoms with Crippen molar-refractivity contribution >= 4 is 28.9 Å². The molecule has 1 saturated heterocycles. The summed E-state index contributed by atoms with van der Waals surface area (Å²) in [6.07, 6.45) is 50.8. The average Bonchev–Trinajstić information content (AvgIpc) is 4.31. The van der Waals surface area contributed by atoms with E-state index in [1.165, 1.54) is 180 Å². The summed E-state index contributed by atoms with van der Waals surface area (Å²) in [4.78, 5) is 43.5. The van der Waals surface area contributed by atoms with Crippen molar-refractivity contribution in [1.82, 2.24) is 16.0 Å². The van der Waals surface area contributed by atoms with Crippen molar-refractivity contribution in [3.8, 4) is 0 Å². The predicted octanol–water partition coefficient (Wildman–Crippen LogP) is 18.2. The topological polar surface area (TPSA) is 128 Å². The maximum atomic E-state index is 14.3. The number of hydrogen-bond acceptors (Lipinski definition) is 7. The highest BCUT2D eigenvalue weighted by atomic mass is 16.3. The Morgan fingerprint density at radius 3 is 1.55 bits per heavy atom. The lowest BCUT2D eigenvalue weighted by Crippen LogP contribution is -2.27. The van der Waals surface area contributed by atoms with Crippen molar-refractivity contribution in [2.45, 2.75) is 280 Å². The number of unbranched alkanes of at least 4 members (excludes halogenated alkanes) is 30. The lowest BCUT2D eigenvalue weighted by molar-refractivity contribution is -0.121. The van der Waals surface area contributed by atoms with Gasteiger partial charge in [-0.25, -0.2) is 15.0 Å². The molecule has 0 spiro atoms. The van der Waals surface area contributed by atoms with Crippen LogP contribution in [0.3, 0.4) is 0 Å². The first-order valence-electron chi connectivity index (χ1n) is 32.1. The van der Waals surface area contributed by atoms with Crippen LogP contribution in [-0.4, -0.2) is 47.1 Å². The zero-order chi connectivity index (χ0) is 54.8. The molecule has 1 aliphatic carbocycles. The summed E-state index contributed by atoms with van der Waals surface area (Å²) in [6, 6.07) is 0. The number of allylic oxidation sites excluding steroid dienone is 11. The molecule has 2 amide bonds. The lowest BCUT2D eigenvalue weighted by atomic mass is 9.86. The zero-order valence-electron chi connectivity index (χ0n) is 49.9. The summed E-state index contributed by atoms with van der Waals surface area (Å²) in [5, 5.41) is 22.0. The monoisotopic (exact) mass is 1050 g/mol. The maximum absolute atomic E-state index is 14.3. The van der Waals surface area contributed by atoms with Gasteiger partial charge in [-0.05, 0) is 87.0 Å². The van der Waals surface area contributed by atoms with Gasteiger partial charge in [0, 0.05) is 60.3 Å². The Bertz CT molecular complexity index is 2340. The fraction of sp³-hybridized carbons (Fsp3) is 0.691. The van der Waals surface area contributed by atoms with Crippen LogP contribution in [0.2, 0.25) is 0 Å². The van der Waals surface area contributed by atoms with Crippen LogP contribution in [0.15, 0.2) is 106 Å². The third-order valence-electron chi connectivity index (χ3n) is 17.6. The number of fused-ring (bicyclic) bond motifs is 5. The minimum Gasteiger partial charge on any atom is -0.511 e. The summed E-state index contributed by atoms with van der Waals surface area (Å²) in [7, 11) is 0. The fourth-order valence-electron chi connectivity index (χ4n) is 12.6. The molecule has 6 rings (SSSR count). The van der Waals surface area contributed by atoms with Crippen molar-refractivity contribution in [3.05, 3.63) is 91.5 Å². The second-order valence-electron chi connectivity index (χ2n) is 23.7. The third kappa shape index (κ3) is 18.5. The summed E-state index contributed by atoms with van der Waals surface area (Å²) in [6.45, 7) is 16.5. The molecular formula is C68H106N6O3. The lowest BCUT2D eigenvalue weighted by Gasteiger charge is -2.18. The molecule has 0 radical (unpaired) electrons. The zero-order valence-corrected chi connectivity index (χ0v) is 49.9. The number of carbonyl (C=O) groups is 2. The van der Waals surface area contributed by atoms with Crippen LogP contribution in [0, 0.1) is 11.8 Å². The molecule has 0 aromatic rings. The van der Waals surface area contributed by atoms with E-state index in [4.69, 9.17) is 15.0 Å². The van der Waals surface area contributed by atoms with E-state index in [1.807, 2.05) is 19.9 Å². The number of aliphatic hydroxyl groups is 1. The van der Waals surface area contributed by atoms with Gasteiger partial charge in [0.05, 0.1) is 39.8 Å². The van der Waals surface area contributed by atoms with E-state index in [-0.39, 0.29) is 23.7 Å². The first-order chi connectivity index (χ1) is 37.6. The Morgan fingerprint density at radius 2 is 1.04 bits per heavy atom. The molecule has 2 atom stereocenters. The molecule has 5 heterocycles. The van der Waals surface area contributed by atoms with Crippen LogP contribution >= 0.6 is 0 Å². The molecule has 0 unspecified atom stereocenters. The Kier molecular flexibility index (Phi) is 27.1. The van der Waals surface area contributed by atoms with Crippen molar-refractivity contribution in [1.29, 1.82) is 0 Å². The van der Waals surface area contributed by atoms with Gasteiger partial charge < -0.3 is 21.1 Å². The van der Waals surface area contributed by atoms with Crippen LogP contribution in [0.4, 0.5) is 0 Å². The van der Waals surface area contributed by atoms with Crippen molar-refractivity contribution in [2.75, 3.05) is 13.1 Å². The Balaban J connectivity index is 1.04. The summed E-state index contributed by atoms with van der Waals surface area (Å²) in [5.74, 6) is 0.349. The molecule has 0 aromatic heterocycles. The molecule has 5 aliphatic heterocycles. The van der Waals surface area contributed by atoms with Gasteiger partial charge >= 0.3 is 0 Å². The standard InChI is InChI=1S/C68H106N6O3/c1-8-11-13-15-17-19-21-23-25-27-29-31-33-35-37-39-43-69-63(76)42-41-54-50(5)57-46-58-51(6)64(68(77)70-44-40-38-36-34-32-30-28-26-24-22-20-18-16-14-12-9-2)61(72-58)48-56-49(4)53(10-3)60(71-56)47-59-52(7)65-62(75)45-55(66(54)73-57)67(65)74-59/h46-48,50,54,73,75H,8-45H2,1-7H3,(H,69,76)(H,70,77)/t50-,54-/m0/s1. The minimum absolute atomic E-state index is 0.00609. The molecule has 1 fully saturated rings. The number of amides is 2. The highest BCUT2D eigenvalue weighted by molar-refractivity contribution is 6.22. The van der Waals surface area contributed by atoms with E-state index in [9.17, 15) is 14.7 Å². The number of nitrogens with zero attached hydrogens (tertiary/aromatic N) is 3. The number of aliphatic imine (C=N–C) groups is 3. The maximum Gasteiger partial charge on any atom is 0.253 e. The van der Waals surface area contributed by atoms with Gasteiger partial charge in [-0.1, -0.05) is 220 Å². The summed E-state index contributed by atoms with van der Waals surface area (Å²) >= 11 is 0. The Hall–Kier alpha value is -4.53. The minimum atomic E-state index is -0.0940. The van der Waals surface area contributed by atoms with Crippen LogP contribution in [0.5, 0.6) is 0 Å². The molecule has 9 heteroatoms. The highest BCUT2D eigenvalue weighted by Gasteiger charge is 2.41. The van der Waals surface area contributed by atoms with Crippen molar-refractivity contribution in [2.24, 2.45) is 26.8 Å². The normalized spacial score (nSPS) is 18.8. The molecular weight excluding hydrogens is 949 g/mol. The van der Waals surface area contributed by atoms with E-state index < -0.39 is 0 Å². The second kappa shape index (κ2) is 33.8. The molecule has 9 nitrogen and oxygen atoms in total. The van der Waals surface area contributed by atoms with Gasteiger partial charge in [0.15, 0.2) is 0 Å². The second-order valence-corrected chi connectivity index (χ2v) is 23.7. The van der Waals surface area contributed by atoms with Crippen LogP contribution in [0.25, 0.3) is 0 Å². The quantitative estimate of drug-likeness (QED) is 0.0457. The molecule has 6 aliphatic rings. The van der Waals surface area contributed by atoms with E-state index in [2.05, 4.69) is 62.7 Å². The largest absolute Gasteiger partial charge is 0.511 e. The van der Waals surface area contributed by atoms with Crippen LogP contribution < -0.4 is 16.0 Å². The van der Waals surface area contributed by atoms with E-state index in [0.717, 1.165) is 105 Å². The van der Waals surface area contributed by atoms with Gasteiger partial charge in [-0.15, -0.1) is 0 Å². The van der Waals surface area contributed by atoms with Crippen molar-refractivity contribution in [3.63, 3.8) is 0 Å². The summed E-state index contributed by atoms with van der Waals surface area (Å²) < 4.78 is 0. The first kappa shape index (κ1) is 61.7. The van der Waals surface area contributed by atoms with Gasteiger partial charge in [0.1, 0.15) is 5.76 Å². The SMILES string of the molecule is CCCCCCCCCCCCCCCCCCNC(=O)CC[C@@H]1C2=C3CC(O)=C4C3=NC(=C4C)C=C3N=C(C=C4N=C(C=C(N2)[C@H]1C)C(C)=C4C(=O)NCCCCCCCCCCCCCCCCCC)C(C)=C3CC. The van der Waals surface area contributed by atoms with Gasteiger partial charge in [0.2, 0.25) is 5.91 Å². The highest BCUT2D eigenvalue weighted by Crippen LogP contribution is 2.46. The molecule has 0 saturated carbocycles. The van der Waals surface area contributed by atoms with E-state index in [1.54, 1.807) is 0 Å². The Labute approximate surface area is 468 Å². The van der Waals surface area contributed by atoms with E-state index >= 15 is 0 Å². The van der Waals surface area contributed by atoms with Gasteiger partial charge in [-0.2, -0.15) is 0 Å². The third-order valence-corrected chi connectivity index (χ3v) is 17.6. The van der Waals surface area contributed by atoms with Crippen LogP contribution in [-0.2, 0) is 9.59 Å². The number of rotatable bonds is 39.